The van der Waals surface area contributed by atoms with Gasteiger partial charge >= 0.3 is 0 Å². The highest BCUT2D eigenvalue weighted by atomic mass is 19.1. The van der Waals surface area contributed by atoms with E-state index in [0.29, 0.717) is 29.0 Å². The number of methoxy groups -OCH3 is 2. The topological polar surface area (TPSA) is 76.1 Å². The third kappa shape index (κ3) is 5.53. The van der Waals surface area contributed by atoms with E-state index in [1.165, 1.54) is 31.3 Å². The number of amides is 1. The Bertz CT molecular complexity index is 1440. The first-order chi connectivity index (χ1) is 18.5. The van der Waals surface area contributed by atoms with E-state index >= 15 is 0 Å². The Hall–Kier alpha value is -4.13. The molecule has 0 saturated carbocycles. The normalized spacial score (nSPS) is 17.0. The number of hydrogen-bond acceptors (Lipinski definition) is 5. The van der Waals surface area contributed by atoms with Crippen LogP contribution in [0.2, 0.25) is 0 Å². The van der Waals surface area contributed by atoms with E-state index in [1.807, 2.05) is 25.1 Å². The molecule has 1 amide bonds. The lowest BCUT2D eigenvalue weighted by Crippen LogP contribution is -2.31. The predicted molar refractivity (Wildman–Crippen MR) is 149 cm³/mol. The molecule has 0 spiro atoms. The highest BCUT2D eigenvalue weighted by Gasteiger charge is 2.46. The van der Waals surface area contributed by atoms with Gasteiger partial charge in [0.25, 0.3) is 11.7 Å². The van der Waals surface area contributed by atoms with Crippen molar-refractivity contribution in [1.82, 2.24) is 4.90 Å². The molecule has 1 saturated heterocycles. The number of hydrogen-bond donors (Lipinski definition) is 1. The first-order valence-corrected chi connectivity index (χ1v) is 12.8. The van der Waals surface area contributed by atoms with Crippen LogP contribution in [0.15, 0.2) is 66.2 Å². The van der Waals surface area contributed by atoms with Gasteiger partial charge in [0.15, 0.2) is 11.5 Å². The van der Waals surface area contributed by atoms with Crippen molar-refractivity contribution in [3.05, 3.63) is 99.9 Å². The molecule has 1 aliphatic rings. The Labute approximate surface area is 228 Å². The van der Waals surface area contributed by atoms with Crippen LogP contribution in [-0.2, 0) is 21.4 Å². The molecule has 1 aliphatic heterocycles. The van der Waals surface area contributed by atoms with Crippen molar-refractivity contribution in [2.45, 2.75) is 45.6 Å². The second-order valence-corrected chi connectivity index (χ2v) is 10.8. The van der Waals surface area contributed by atoms with E-state index in [2.05, 4.69) is 20.8 Å². The lowest BCUT2D eigenvalue weighted by atomic mass is 9.84. The number of nitrogens with zero attached hydrogens (tertiary/aromatic N) is 1. The van der Waals surface area contributed by atoms with Gasteiger partial charge in [0, 0.05) is 12.1 Å². The average molecular weight is 532 g/mol. The van der Waals surface area contributed by atoms with Gasteiger partial charge in [0.2, 0.25) is 0 Å². The van der Waals surface area contributed by atoms with Gasteiger partial charge in [-0.1, -0.05) is 51.1 Å². The number of rotatable bonds is 7. The number of ketones is 1. The molecule has 1 unspecified atom stereocenters. The number of aliphatic hydroxyl groups excluding tert-OH is 1. The molecule has 0 aliphatic carbocycles. The number of aliphatic hydroxyl groups is 1. The molecule has 6 nitrogen and oxygen atoms in total. The Kier molecular flexibility index (Phi) is 7.82. The maximum atomic E-state index is 13.5. The number of benzene rings is 3. The molecule has 0 radical (unpaired) electrons. The molecule has 1 heterocycles. The predicted octanol–water partition coefficient (Wildman–Crippen LogP) is 6.11. The van der Waals surface area contributed by atoms with Gasteiger partial charge in [-0.3, -0.25) is 9.59 Å². The van der Waals surface area contributed by atoms with Crippen LogP contribution in [0, 0.1) is 12.7 Å². The van der Waals surface area contributed by atoms with Gasteiger partial charge in [0.1, 0.15) is 11.6 Å². The summed E-state index contributed by atoms with van der Waals surface area (Å²) in [6.45, 7) is 8.25. The van der Waals surface area contributed by atoms with Crippen LogP contribution >= 0.6 is 0 Å². The summed E-state index contributed by atoms with van der Waals surface area (Å²) in [5, 5.41) is 11.7. The van der Waals surface area contributed by atoms with Crippen molar-refractivity contribution in [1.29, 1.82) is 0 Å². The number of aryl methyl sites for hydroxylation is 1. The van der Waals surface area contributed by atoms with Crippen LogP contribution in [0.3, 0.4) is 0 Å². The van der Waals surface area contributed by atoms with Crippen molar-refractivity contribution in [3.63, 3.8) is 0 Å². The number of Topliss-reactive ketones (excluding diaryl/α,β-unsaturated/α-hetero) is 1. The Morgan fingerprint density at radius 1 is 0.949 bits per heavy atom. The fourth-order valence-corrected chi connectivity index (χ4v) is 4.87. The third-order valence-corrected chi connectivity index (χ3v) is 7.18. The Balaban J connectivity index is 1.87. The standard InChI is InChI=1S/C32H34FNO5/c1-19-7-11-22(32(2,3)4)18-24(19)29(35)27-28(21-10-14-25(38-5)26(17-21)39-6)34(31(37)30(27)36)16-15-20-8-12-23(33)13-9-20/h7-14,17-18,28,35H,15-16H2,1-6H3/b29-27+. The van der Waals surface area contributed by atoms with Crippen LogP contribution in [0.4, 0.5) is 4.39 Å². The molecule has 0 bridgehead atoms. The first-order valence-electron chi connectivity index (χ1n) is 12.8. The van der Waals surface area contributed by atoms with Crippen molar-refractivity contribution in [2.24, 2.45) is 0 Å². The maximum Gasteiger partial charge on any atom is 0.295 e. The zero-order valence-corrected chi connectivity index (χ0v) is 23.2. The van der Waals surface area contributed by atoms with Crippen molar-refractivity contribution in [3.8, 4) is 11.5 Å². The molecule has 1 atom stereocenters. The molecular formula is C32H34FNO5. The molecule has 3 aromatic carbocycles. The summed E-state index contributed by atoms with van der Waals surface area (Å²) in [7, 11) is 3.03. The third-order valence-electron chi connectivity index (χ3n) is 7.18. The molecular weight excluding hydrogens is 497 g/mol. The van der Waals surface area contributed by atoms with E-state index in [9.17, 15) is 19.1 Å². The van der Waals surface area contributed by atoms with Gasteiger partial charge < -0.3 is 19.5 Å². The second kappa shape index (κ2) is 10.9. The zero-order chi connectivity index (χ0) is 28.5. The molecule has 3 aromatic rings. The smallest absolute Gasteiger partial charge is 0.295 e. The van der Waals surface area contributed by atoms with Gasteiger partial charge in [-0.15, -0.1) is 0 Å². The van der Waals surface area contributed by atoms with E-state index in [4.69, 9.17) is 9.47 Å². The largest absolute Gasteiger partial charge is 0.507 e. The molecule has 1 fully saturated rings. The summed E-state index contributed by atoms with van der Waals surface area (Å²) in [6.07, 6.45) is 0.398. The number of carbonyl (C=O) groups excluding carboxylic acids is 2. The van der Waals surface area contributed by atoms with Crippen molar-refractivity contribution < 1.29 is 28.6 Å². The fourth-order valence-electron chi connectivity index (χ4n) is 4.87. The van der Waals surface area contributed by atoms with E-state index in [-0.39, 0.29) is 29.1 Å². The summed E-state index contributed by atoms with van der Waals surface area (Å²) < 4.78 is 24.3. The first kappa shape index (κ1) is 27.9. The van der Waals surface area contributed by atoms with Crippen LogP contribution in [0.25, 0.3) is 5.76 Å². The van der Waals surface area contributed by atoms with Crippen LogP contribution in [-0.4, -0.2) is 42.5 Å². The lowest BCUT2D eigenvalue weighted by Gasteiger charge is -2.26. The van der Waals surface area contributed by atoms with E-state index < -0.39 is 17.7 Å². The van der Waals surface area contributed by atoms with Crippen LogP contribution in [0.1, 0.15) is 54.6 Å². The van der Waals surface area contributed by atoms with Gasteiger partial charge in [-0.2, -0.15) is 0 Å². The van der Waals surface area contributed by atoms with Gasteiger partial charge in [-0.05, 0) is 71.3 Å². The summed E-state index contributed by atoms with van der Waals surface area (Å²) in [5.41, 5.74) is 3.51. The van der Waals surface area contributed by atoms with Crippen LogP contribution in [0.5, 0.6) is 11.5 Å². The highest BCUT2D eigenvalue weighted by molar-refractivity contribution is 6.46. The summed E-state index contributed by atoms with van der Waals surface area (Å²) in [4.78, 5) is 28.4. The molecule has 7 heteroatoms. The van der Waals surface area contributed by atoms with Gasteiger partial charge in [-0.25, -0.2) is 4.39 Å². The molecule has 1 N–H and O–H groups in total. The Morgan fingerprint density at radius 3 is 2.23 bits per heavy atom. The second-order valence-electron chi connectivity index (χ2n) is 10.8. The number of likely N-dealkylation sites (tertiary alicyclic amines) is 1. The summed E-state index contributed by atoms with van der Waals surface area (Å²) >= 11 is 0. The minimum atomic E-state index is -0.858. The van der Waals surface area contributed by atoms with Gasteiger partial charge in [0.05, 0.1) is 25.8 Å². The van der Waals surface area contributed by atoms with Crippen molar-refractivity contribution >= 4 is 17.4 Å². The highest BCUT2D eigenvalue weighted by Crippen LogP contribution is 2.42. The monoisotopic (exact) mass is 531 g/mol. The fraction of sp³-hybridized carbons (Fsp3) is 0.312. The SMILES string of the molecule is COc1ccc(C2/C(=C(\O)c3cc(C(C)(C)C)ccc3C)C(=O)C(=O)N2CCc2ccc(F)cc2)cc1OC. The zero-order valence-electron chi connectivity index (χ0n) is 23.2. The molecule has 4 rings (SSSR count). The molecule has 0 aromatic heterocycles. The quantitative estimate of drug-likeness (QED) is 0.226. The summed E-state index contributed by atoms with van der Waals surface area (Å²) in [5.74, 6) is -1.10. The summed E-state index contributed by atoms with van der Waals surface area (Å²) in [6, 6.07) is 16.1. The maximum absolute atomic E-state index is 13.5. The van der Waals surface area contributed by atoms with E-state index in [0.717, 1.165) is 16.7 Å². The van der Waals surface area contributed by atoms with E-state index in [1.54, 1.807) is 30.3 Å². The number of carbonyl (C=O) groups is 2. The lowest BCUT2D eigenvalue weighted by molar-refractivity contribution is -0.139. The van der Waals surface area contributed by atoms with Crippen molar-refractivity contribution in [2.75, 3.05) is 20.8 Å². The Morgan fingerprint density at radius 2 is 1.62 bits per heavy atom. The van der Waals surface area contributed by atoms with Crippen LogP contribution < -0.4 is 9.47 Å². The average Bonchev–Trinajstić information content (AvgIpc) is 3.16. The minimum Gasteiger partial charge on any atom is -0.507 e. The number of halogens is 1. The number of ether oxygens (including phenoxy) is 2. The molecule has 39 heavy (non-hydrogen) atoms. The minimum absolute atomic E-state index is 0.0143. The molecule has 204 valence electrons.